The van der Waals surface area contributed by atoms with Crippen molar-refractivity contribution in [3.8, 4) is 11.1 Å². The number of rotatable bonds is 11. The van der Waals surface area contributed by atoms with Crippen molar-refractivity contribution in [3.05, 3.63) is 138 Å². The van der Waals surface area contributed by atoms with Crippen LogP contribution in [0.2, 0.25) is 0 Å². The predicted octanol–water partition coefficient (Wildman–Crippen LogP) is 6.00. The maximum absolute atomic E-state index is 14.2. The molecular formula is C33H33AcFN2O2. The van der Waals surface area contributed by atoms with Crippen molar-refractivity contribution >= 4 is 11.6 Å². The van der Waals surface area contributed by atoms with Gasteiger partial charge in [0.25, 0.3) is 5.91 Å². The normalized spacial score (nSPS) is 12.2. The van der Waals surface area contributed by atoms with Crippen molar-refractivity contribution in [2.45, 2.75) is 25.3 Å². The SMILES string of the molecule is C=C(N)c1cccc(CC(CO)C(CCc2ccccc2)NC(=O)c2ccc(-c3ccccc3F)cc2)c1.[Ac]. The number of hydrogen-bond donors (Lipinski definition) is 3. The van der Waals surface area contributed by atoms with E-state index in [2.05, 4.69) is 24.0 Å². The smallest absolute Gasteiger partial charge is 0.251 e. The van der Waals surface area contributed by atoms with Crippen LogP contribution >= 0.6 is 0 Å². The molecule has 0 aliphatic carbocycles. The molecule has 2 atom stereocenters. The van der Waals surface area contributed by atoms with Crippen LogP contribution in [-0.4, -0.2) is 23.7 Å². The second-order valence-electron chi connectivity index (χ2n) is 9.53. The van der Waals surface area contributed by atoms with E-state index < -0.39 is 0 Å². The van der Waals surface area contributed by atoms with Gasteiger partial charge in [-0.2, -0.15) is 0 Å². The first-order valence-corrected chi connectivity index (χ1v) is 12.8. The van der Waals surface area contributed by atoms with E-state index in [1.807, 2.05) is 42.5 Å². The Morgan fingerprint density at radius 1 is 0.872 bits per heavy atom. The van der Waals surface area contributed by atoms with E-state index in [-0.39, 0.29) is 74.4 Å². The van der Waals surface area contributed by atoms with Gasteiger partial charge in [-0.3, -0.25) is 4.79 Å². The summed E-state index contributed by atoms with van der Waals surface area (Å²) in [6.07, 6.45) is 2.00. The molecule has 4 N–H and O–H groups in total. The summed E-state index contributed by atoms with van der Waals surface area (Å²) in [7, 11) is 0. The number of hydrogen-bond acceptors (Lipinski definition) is 3. The van der Waals surface area contributed by atoms with Crippen molar-refractivity contribution in [2.24, 2.45) is 11.7 Å². The average Bonchev–Trinajstić information content (AvgIpc) is 2.95. The second-order valence-corrected chi connectivity index (χ2v) is 9.53. The summed E-state index contributed by atoms with van der Waals surface area (Å²) >= 11 is 0. The summed E-state index contributed by atoms with van der Waals surface area (Å²) in [6, 6.07) is 31.1. The number of nitrogens with one attached hydrogen (secondary N) is 1. The Bertz CT molecular complexity index is 1380. The molecule has 39 heavy (non-hydrogen) atoms. The number of aliphatic hydroxyl groups is 1. The molecule has 0 aliphatic rings. The third kappa shape index (κ3) is 8.60. The van der Waals surface area contributed by atoms with Crippen LogP contribution < -0.4 is 11.1 Å². The van der Waals surface area contributed by atoms with Crippen molar-refractivity contribution in [1.82, 2.24) is 5.32 Å². The van der Waals surface area contributed by atoms with Gasteiger partial charge in [-0.15, -0.1) is 0 Å². The molecule has 0 fully saturated rings. The molecule has 0 heterocycles. The van der Waals surface area contributed by atoms with Gasteiger partial charge >= 0.3 is 0 Å². The fourth-order valence-electron chi connectivity index (χ4n) is 4.68. The summed E-state index contributed by atoms with van der Waals surface area (Å²) in [5.74, 6) is -0.744. The van der Waals surface area contributed by atoms with Crippen LogP contribution in [0, 0.1) is 55.8 Å². The zero-order valence-electron chi connectivity index (χ0n) is 21.9. The summed E-state index contributed by atoms with van der Waals surface area (Å²) in [6.45, 7) is 3.73. The monoisotopic (exact) mass is 735 g/mol. The third-order valence-corrected chi connectivity index (χ3v) is 6.83. The Morgan fingerprint density at radius 2 is 1.54 bits per heavy atom. The zero-order valence-corrected chi connectivity index (χ0v) is 26.6. The minimum atomic E-state index is -0.307. The maximum atomic E-state index is 14.2. The molecule has 0 aliphatic heterocycles. The van der Waals surface area contributed by atoms with Crippen molar-refractivity contribution in [3.63, 3.8) is 0 Å². The van der Waals surface area contributed by atoms with E-state index in [9.17, 15) is 14.3 Å². The van der Waals surface area contributed by atoms with E-state index in [0.717, 1.165) is 17.5 Å². The first-order chi connectivity index (χ1) is 18.4. The van der Waals surface area contributed by atoms with Crippen molar-refractivity contribution in [2.75, 3.05) is 6.61 Å². The van der Waals surface area contributed by atoms with Gasteiger partial charge < -0.3 is 16.2 Å². The van der Waals surface area contributed by atoms with Crippen LogP contribution in [0.4, 0.5) is 4.39 Å². The number of nitrogens with two attached hydrogens (primary N) is 1. The van der Waals surface area contributed by atoms with Gasteiger partial charge in [-0.1, -0.05) is 85.4 Å². The van der Waals surface area contributed by atoms with E-state index >= 15 is 0 Å². The number of carbonyl (C=O) groups is 1. The van der Waals surface area contributed by atoms with Gasteiger partial charge in [0, 0.05) is 79.5 Å². The molecule has 2 unspecified atom stereocenters. The van der Waals surface area contributed by atoms with E-state index in [1.54, 1.807) is 42.5 Å². The van der Waals surface area contributed by atoms with E-state index in [4.69, 9.17) is 5.73 Å². The van der Waals surface area contributed by atoms with Crippen LogP contribution in [0.1, 0.15) is 33.5 Å². The fourth-order valence-corrected chi connectivity index (χ4v) is 4.68. The molecule has 4 nitrogen and oxygen atoms in total. The van der Waals surface area contributed by atoms with Gasteiger partial charge in [-0.05, 0) is 65.8 Å². The molecule has 4 aromatic rings. The van der Waals surface area contributed by atoms with Crippen molar-refractivity contribution in [1.29, 1.82) is 0 Å². The van der Waals surface area contributed by atoms with Gasteiger partial charge in [0.2, 0.25) is 0 Å². The summed E-state index contributed by atoms with van der Waals surface area (Å²) < 4.78 is 14.2. The van der Waals surface area contributed by atoms with Gasteiger partial charge in [-0.25, -0.2) is 4.39 Å². The third-order valence-electron chi connectivity index (χ3n) is 6.83. The van der Waals surface area contributed by atoms with Gasteiger partial charge in [0.05, 0.1) is 0 Å². The van der Waals surface area contributed by atoms with E-state index in [0.29, 0.717) is 35.2 Å². The number of aliphatic hydroxyl groups excluding tert-OH is 1. The summed E-state index contributed by atoms with van der Waals surface area (Å²) in [5.41, 5.74) is 11.1. The molecule has 1 radical (unpaired) electrons. The molecule has 0 saturated carbocycles. The minimum Gasteiger partial charge on any atom is -0.399 e. The molecule has 0 aromatic heterocycles. The quantitative estimate of drug-likeness (QED) is 0.177. The maximum Gasteiger partial charge on any atom is 0.251 e. The largest absolute Gasteiger partial charge is 0.399 e. The fraction of sp³-hybridized carbons (Fsp3) is 0.182. The minimum absolute atomic E-state index is 0. The van der Waals surface area contributed by atoms with Crippen LogP contribution in [0.5, 0.6) is 0 Å². The summed E-state index contributed by atoms with van der Waals surface area (Å²) in [4.78, 5) is 13.3. The van der Waals surface area contributed by atoms with E-state index in [1.165, 1.54) is 11.6 Å². The number of benzene rings is 4. The molecule has 197 valence electrons. The van der Waals surface area contributed by atoms with Gasteiger partial charge in [0.1, 0.15) is 5.82 Å². The molecule has 0 bridgehead atoms. The predicted molar refractivity (Wildman–Crippen MR) is 152 cm³/mol. The summed E-state index contributed by atoms with van der Waals surface area (Å²) in [5, 5.41) is 13.5. The Balaban J connectivity index is 0.00000420. The first-order valence-electron chi connectivity index (χ1n) is 12.8. The van der Waals surface area contributed by atoms with Crippen LogP contribution in [0.25, 0.3) is 16.8 Å². The Hall–Kier alpha value is -2.78. The molecular weight excluding hydrogens is 702 g/mol. The Morgan fingerprint density at radius 3 is 2.21 bits per heavy atom. The Labute approximate surface area is 265 Å². The first kappa shape index (κ1) is 30.8. The molecule has 0 saturated heterocycles. The molecule has 6 heteroatoms. The van der Waals surface area contributed by atoms with Crippen LogP contribution in [0.15, 0.2) is 110 Å². The van der Waals surface area contributed by atoms with Crippen molar-refractivity contribution < 1.29 is 58.4 Å². The number of aryl methyl sites for hydroxylation is 1. The molecule has 4 aromatic carbocycles. The topological polar surface area (TPSA) is 75.3 Å². The number of carbonyl (C=O) groups excluding carboxylic acids is 1. The van der Waals surface area contributed by atoms with Gasteiger partial charge in [0.15, 0.2) is 0 Å². The zero-order chi connectivity index (χ0) is 26.9. The molecule has 0 spiro atoms. The Kier molecular flexibility index (Phi) is 11.9. The number of amides is 1. The van der Waals surface area contributed by atoms with Crippen LogP contribution in [-0.2, 0) is 12.8 Å². The number of halogens is 1. The standard InChI is InChI=1S/C33H33FN2O2.Ac/c1-23(35)28-11-7-10-25(20-28)21-29(22-37)32(19-14-24-8-3-2-4-9-24)36-33(38)27-17-15-26(16-18-27)30-12-5-6-13-31(30)34;/h2-13,15-18,20,29,32,37H,1,14,19,21-22,35H2,(H,36,38);. The molecule has 1 amide bonds. The molecule has 4 rings (SSSR count). The van der Waals surface area contributed by atoms with Crippen LogP contribution in [0.3, 0.4) is 0 Å². The second kappa shape index (κ2) is 15.1. The average molecular weight is 736 g/mol.